The summed E-state index contributed by atoms with van der Waals surface area (Å²) in [5, 5.41) is 11.8. The van der Waals surface area contributed by atoms with E-state index in [-0.39, 0.29) is 5.75 Å². The Morgan fingerprint density at radius 1 is 0.569 bits per heavy atom. The summed E-state index contributed by atoms with van der Waals surface area (Å²) in [7, 11) is 0. The molecule has 0 spiro atoms. The van der Waals surface area contributed by atoms with E-state index in [0.29, 0.717) is 17.0 Å². The number of aromatic hydroxyl groups is 1. The second kappa shape index (κ2) is 15.1. The van der Waals surface area contributed by atoms with Gasteiger partial charge in [-0.3, -0.25) is 9.55 Å². The molecule has 0 saturated carbocycles. The van der Waals surface area contributed by atoms with Crippen molar-refractivity contribution in [2.75, 3.05) is 0 Å². The van der Waals surface area contributed by atoms with Crippen molar-refractivity contribution in [1.82, 2.24) is 14.5 Å². The average molecular weight is 756 g/mol. The number of imidazole rings is 1. The molecule has 58 heavy (non-hydrogen) atoms. The molecule has 0 radical (unpaired) electrons. The molecule has 282 valence electrons. The Hall–Kier alpha value is -7.04. The largest absolute Gasteiger partial charge is 0.507 e. The van der Waals surface area contributed by atoms with Gasteiger partial charge in [0.2, 0.25) is 0 Å². The van der Waals surface area contributed by atoms with Crippen LogP contribution in [0.5, 0.6) is 5.75 Å². The van der Waals surface area contributed by atoms with Crippen molar-refractivity contribution in [1.29, 1.82) is 0 Å². The predicted molar refractivity (Wildman–Crippen MR) is 241 cm³/mol. The summed E-state index contributed by atoms with van der Waals surface area (Å²) in [5.41, 5.74) is 15.4. The third-order valence-electron chi connectivity index (χ3n) is 10.9. The number of hydrogen-bond acceptors (Lipinski definition) is 3. The van der Waals surface area contributed by atoms with E-state index in [4.69, 9.17) is 15.5 Å². The summed E-state index contributed by atoms with van der Waals surface area (Å²) in [5.74, 6) is -0.0578. The Labute approximate surface area is 346 Å². The number of aryl methyl sites for hydroxylation is 3. The van der Waals surface area contributed by atoms with Gasteiger partial charge in [-0.25, -0.2) is 4.98 Å². The van der Waals surface area contributed by atoms with Crippen LogP contribution in [0.1, 0.15) is 47.5 Å². The lowest BCUT2D eigenvalue weighted by atomic mass is 9.93. The molecule has 0 aliphatic rings. The van der Waals surface area contributed by atoms with Gasteiger partial charge in [-0.2, -0.15) is 0 Å². The van der Waals surface area contributed by atoms with Crippen LogP contribution >= 0.6 is 0 Å². The summed E-state index contributed by atoms with van der Waals surface area (Å²) < 4.78 is 34.6. The van der Waals surface area contributed by atoms with Gasteiger partial charge < -0.3 is 5.11 Å². The number of phenols is 1. The molecule has 0 aliphatic heterocycles. The van der Waals surface area contributed by atoms with Gasteiger partial charge in [-0.05, 0) is 131 Å². The van der Waals surface area contributed by atoms with Crippen molar-refractivity contribution in [3.05, 3.63) is 192 Å². The van der Waals surface area contributed by atoms with Crippen LogP contribution in [-0.2, 0) is 0 Å². The van der Waals surface area contributed by atoms with Crippen LogP contribution in [0.15, 0.2) is 170 Å². The number of aromatic nitrogens is 3. The number of benzene rings is 7. The number of fused-ring (bicyclic) bond motifs is 1. The molecule has 9 aromatic rings. The third-order valence-corrected chi connectivity index (χ3v) is 10.9. The molecule has 2 aromatic heterocycles. The lowest BCUT2D eigenvalue weighted by molar-refractivity contribution is 0.472. The fourth-order valence-corrected chi connectivity index (χ4v) is 7.94. The third kappa shape index (κ3) is 6.88. The molecule has 0 bridgehead atoms. The number of nitrogens with zero attached hydrogens (tertiary/aromatic N) is 3. The Morgan fingerprint density at radius 3 is 2.02 bits per heavy atom. The van der Waals surface area contributed by atoms with Crippen LogP contribution in [0, 0.1) is 20.7 Å². The molecule has 0 aliphatic carbocycles. The first-order chi connectivity index (χ1) is 29.7. The van der Waals surface area contributed by atoms with Crippen LogP contribution in [-0.4, -0.2) is 19.6 Å². The molecule has 9 rings (SSSR count). The smallest absolute Gasteiger partial charge is 0.149 e. The number of phenolic OH excluding ortho intramolecular Hbond substituents is 1. The van der Waals surface area contributed by atoms with Crippen LogP contribution in [0.4, 0.5) is 0 Å². The van der Waals surface area contributed by atoms with Gasteiger partial charge in [0.1, 0.15) is 11.6 Å². The first kappa shape index (κ1) is 32.1. The Balaban J connectivity index is 1.29. The normalized spacial score (nSPS) is 12.8. The van der Waals surface area contributed by atoms with Gasteiger partial charge in [0.15, 0.2) is 0 Å². The zero-order valence-electron chi connectivity index (χ0n) is 37.0. The van der Waals surface area contributed by atoms with E-state index in [1.807, 2.05) is 107 Å². The quantitative estimate of drug-likeness (QED) is 0.168. The summed E-state index contributed by atoms with van der Waals surface area (Å²) in [4.78, 5) is 10.3. The van der Waals surface area contributed by atoms with E-state index < -0.39 is 12.7 Å². The number of hydrogen-bond donors (Lipinski definition) is 1. The van der Waals surface area contributed by atoms with Crippen LogP contribution in [0.3, 0.4) is 0 Å². The number of rotatable bonds is 8. The maximum absolute atomic E-state index is 11.8. The molecule has 0 unspecified atom stereocenters. The summed E-state index contributed by atoms with van der Waals surface area (Å²) in [6.45, 7) is 5.57. The van der Waals surface area contributed by atoms with Gasteiger partial charge in [-0.1, -0.05) is 129 Å². The van der Waals surface area contributed by atoms with Crippen molar-refractivity contribution in [3.8, 4) is 78.6 Å². The Kier molecular flexibility index (Phi) is 8.37. The van der Waals surface area contributed by atoms with E-state index in [1.165, 1.54) is 0 Å². The minimum Gasteiger partial charge on any atom is -0.507 e. The molecule has 0 amide bonds. The molecule has 0 saturated heterocycles. The topological polar surface area (TPSA) is 50.9 Å². The predicted octanol–water partition coefficient (Wildman–Crippen LogP) is 14.2. The maximum Gasteiger partial charge on any atom is 0.149 e. The zero-order valence-corrected chi connectivity index (χ0v) is 33.0. The molecule has 4 heteroatoms. The van der Waals surface area contributed by atoms with Gasteiger partial charge in [0.05, 0.1) is 28.0 Å². The van der Waals surface area contributed by atoms with E-state index >= 15 is 0 Å². The fourth-order valence-electron chi connectivity index (χ4n) is 7.94. The molecular weight excluding hydrogens is 707 g/mol. The van der Waals surface area contributed by atoms with E-state index in [2.05, 4.69) is 77.4 Å². The number of pyridine rings is 1. The minimum atomic E-state index is -2.18. The summed E-state index contributed by atoms with van der Waals surface area (Å²) >= 11 is 0. The molecule has 7 aromatic carbocycles. The minimum absolute atomic E-state index is 0.172. The second-order valence-electron chi connectivity index (χ2n) is 15.2. The number of para-hydroxylation sites is 1. The van der Waals surface area contributed by atoms with Crippen LogP contribution in [0.25, 0.3) is 83.9 Å². The lowest BCUT2D eigenvalue weighted by Gasteiger charge is -2.18. The van der Waals surface area contributed by atoms with Gasteiger partial charge >= 0.3 is 0 Å². The van der Waals surface area contributed by atoms with E-state index in [9.17, 15) is 5.11 Å². The Bertz CT molecular complexity index is 3110. The Morgan fingerprint density at radius 2 is 1.28 bits per heavy atom. The first-order valence-corrected chi connectivity index (χ1v) is 19.5. The zero-order chi connectivity index (χ0) is 43.3. The van der Waals surface area contributed by atoms with Crippen LogP contribution in [0.2, 0.25) is 0 Å². The van der Waals surface area contributed by atoms with Crippen molar-refractivity contribution < 1.29 is 10.6 Å². The van der Waals surface area contributed by atoms with Crippen molar-refractivity contribution in [2.45, 2.75) is 40.4 Å². The summed E-state index contributed by atoms with van der Waals surface area (Å²) in [6, 6.07) is 54.4. The van der Waals surface area contributed by atoms with Crippen molar-refractivity contribution in [2.24, 2.45) is 0 Å². The highest BCUT2D eigenvalue weighted by atomic mass is 16.3. The fraction of sp³-hybridized carbons (Fsp3) is 0.111. The molecule has 0 atom stereocenters. The lowest BCUT2D eigenvalue weighted by Crippen LogP contribution is -2.02. The first-order valence-electron chi connectivity index (χ1n) is 21.5. The second-order valence-corrected chi connectivity index (χ2v) is 15.2. The van der Waals surface area contributed by atoms with Crippen LogP contribution < -0.4 is 0 Å². The SMILES string of the molecule is [2H]C([2H])([2H])c1ccc(-c2ccnc(-c3cc(-c4ccccc4)cc(-c4cccc5c4nc(-c4cc(C)cc(C)c4O)n5-c4ccc(C([2H])(C)C)cc4-c4ccccc4)c3)c2)cc1. The highest BCUT2D eigenvalue weighted by Crippen LogP contribution is 2.43. The standard InChI is InChI=1S/C54H45N3O/c1-34(2)41-23-24-50(47(32-41)40-15-10-7-11-16-40)57-51-18-12-17-46(52(51)56-54(57)48-28-36(4)27-37(5)53(48)58)44-29-43(38-13-8-6-9-14-38)30-45(31-44)49-33-42(25-26-55-49)39-21-19-35(3)20-22-39/h6-34,58H,1-5H3/i3D3,34D. The molecule has 1 N–H and O–H groups in total. The molecule has 4 nitrogen and oxygen atoms in total. The molecule has 2 heterocycles. The van der Waals surface area contributed by atoms with Gasteiger partial charge in [-0.15, -0.1) is 0 Å². The molecule has 0 fully saturated rings. The maximum atomic E-state index is 11.8. The molecular formula is C54H45N3O. The van der Waals surface area contributed by atoms with E-state index in [0.717, 1.165) is 89.2 Å². The van der Waals surface area contributed by atoms with Gasteiger partial charge in [0.25, 0.3) is 0 Å². The van der Waals surface area contributed by atoms with Gasteiger partial charge in [0, 0.05) is 28.4 Å². The van der Waals surface area contributed by atoms with Crippen molar-refractivity contribution in [3.63, 3.8) is 0 Å². The van der Waals surface area contributed by atoms with Crippen molar-refractivity contribution >= 4 is 11.0 Å². The highest BCUT2D eigenvalue weighted by Gasteiger charge is 2.24. The summed E-state index contributed by atoms with van der Waals surface area (Å²) in [6.07, 6.45) is 1.79. The van der Waals surface area contributed by atoms with E-state index in [1.54, 1.807) is 18.3 Å². The highest BCUT2D eigenvalue weighted by molar-refractivity contribution is 5.98. The average Bonchev–Trinajstić information content (AvgIpc) is 3.67. The monoisotopic (exact) mass is 755 g/mol.